The van der Waals surface area contributed by atoms with Gasteiger partial charge in [0.05, 0.1) is 16.2 Å². The van der Waals surface area contributed by atoms with Gasteiger partial charge in [-0.15, -0.1) is 0 Å². The Labute approximate surface area is 150 Å². The van der Waals surface area contributed by atoms with Crippen LogP contribution in [0.5, 0.6) is 0 Å². The number of nitrogens with zero attached hydrogens (tertiary/aromatic N) is 2. The van der Waals surface area contributed by atoms with E-state index in [4.69, 9.17) is 4.74 Å². The van der Waals surface area contributed by atoms with Gasteiger partial charge in [-0.2, -0.15) is 0 Å². The SMILES string of the molecule is Cc1ccc(NC(=O)COC(=O)c2cc([N+](=O)[O-])ccc2N(C)C)cc1. The van der Waals surface area contributed by atoms with Crippen LogP contribution >= 0.6 is 0 Å². The number of aryl methyl sites for hydroxylation is 1. The van der Waals surface area contributed by atoms with Crippen LogP contribution in [-0.2, 0) is 9.53 Å². The number of benzene rings is 2. The van der Waals surface area contributed by atoms with Gasteiger partial charge in [-0.3, -0.25) is 14.9 Å². The van der Waals surface area contributed by atoms with Gasteiger partial charge in [0.1, 0.15) is 0 Å². The van der Waals surface area contributed by atoms with Crippen LogP contribution < -0.4 is 10.2 Å². The molecular weight excluding hydrogens is 338 g/mol. The summed E-state index contributed by atoms with van der Waals surface area (Å²) >= 11 is 0. The molecule has 0 aromatic heterocycles. The number of hydrogen-bond donors (Lipinski definition) is 1. The van der Waals surface area contributed by atoms with Crippen molar-refractivity contribution in [2.45, 2.75) is 6.92 Å². The Kier molecular flexibility index (Phi) is 5.90. The number of rotatable bonds is 6. The van der Waals surface area contributed by atoms with E-state index < -0.39 is 23.4 Å². The van der Waals surface area contributed by atoms with E-state index in [1.54, 1.807) is 31.1 Å². The van der Waals surface area contributed by atoms with Crippen molar-refractivity contribution in [3.8, 4) is 0 Å². The number of nitro benzene ring substituents is 1. The summed E-state index contributed by atoms with van der Waals surface area (Å²) in [6.45, 7) is 1.43. The van der Waals surface area contributed by atoms with Gasteiger partial charge in [0.25, 0.3) is 11.6 Å². The van der Waals surface area contributed by atoms with Crippen LogP contribution in [0.3, 0.4) is 0 Å². The molecule has 0 unspecified atom stereocenters. The van der Waals surface area contributed by atoms with Gasteiger partial charge in [-0.05, 0) is 25.1 Å². The highest BCUT2D eigenvalue weighted by Gasteiger charge is 2.20. The van der Waals surface area contributed by atoms with Crippen molar-refractivity contribution in [3.63, 3.8) is 0 Å². The average molecular weight is 357 g/mol. The van der Waals surface area contributed by atoms with Crippen molar-refractivity contribution in [1.29, 1.82) is 0 Å². The van der Waals surface area contributed by atoms with Gasteiger partial charge in [0.15, 0.2) is 6.61 Å². The molecule has 26 heavy (non-hydrogen) atoms. The monoisotopic (exact) mass is 357 g/mol. The molecule has 0 atom stereocenters. The number of esters is 1. The highest BCUT2D eigenvalue weighted by molar-refractivity contribution is 5.99. The molecule has 0 bridgehead atoms. The summed E-state index contributed by atoms with van der Waals surface area (Å²) in [5.41, 5.74) is 1.89. The topological polar surface area (TPSA) is 102 Å². The van der Waals surface area contributed by atoms with Crippen LogP contribution in [0, 0.1) is 17.0 Å². The van der Waals surface area contributed by atoms with Crippen LogP contribution in [-0.4, -0.2) is 37.5 Å². The van der Waals surface area contributed by atoms with Crippen molar-refractivity contribution >= 4 is 28.9 Å². The number of anilines is 2. The molecule has 0 fully saturated rings. The van der Waals surface area contributed by atoms with Crippen LogP contribution in [0.1, 0.15) is 15.9 Å². The third-order valence-corrected chi connectivity index (χ3v) is 3.56. The standard InChI is InChI=1S/C18H19N3O5/c1-12-4-6-13(7-5-12)19-17(22)11-26-18(23)15-10-14(21(24)25)8-9-16(15)20(2)3/h4-10H,11H2,1-3H3,(H,19,22). The van der Waals surface area contributed by atoms with Crippen molar-refractivity contribution in [1.82, 2.24) is 0 Å². The normalized spacial score (nSPS) is 10.1. The van der Waals surface area contributed by atoms with E-state index in [0.29, 0.717) is 11.4 Å². The van der Waals surface area contributed by atoms with Gasteiger partial charge >= 0.3 is 5.97 Å². The lowest BCUT2D eigenvalue weighted by molar-refractivity contribution is -0.384. The molecular formula is C18H19N3O5. The van der Waals surface area contributed by atoms with Crippen molar-refractivity contribution < 1.29 is 19.2 Å². The molecule has 0 spiro atoms. The van der Waals surface area contributed by atoms with E-state index >= 15 is 0 Å². The fourth-order valence-electron chi connectivity index (χ4n) is 2.23. The molecule has 8 nitrogen and oxygen atoms in total. The molecule has 1 amide bonds. The Morgan fingerprint density at radius 3 is 2.38 bits per heavy atom. The third-order valence-electron chi connectivity index (χ3n) is 3.56. The molecule has 2 rings (SSSR count). The molecule has 8 heteroatoms. The smallest absolute Gasteiger partial charge is 0.341 e. The summed E-state index contributed by atoms with van der Waals surface area (Å²) in [5, 5.41) is 13.5. The largest absolute Gasteiger partial charge is 0.452 e. The van der Waals surface area contributed by atoms with Gasteiger partial charge < -0.3 is 15.0 Å². The second kappa shape index (κ2) is 8.11. The van der Waals surface area contributed by atoms with Gasteiger partial charge in [0, 0.05) is 31.9 Å². The number of carbonyl (C=O) groups is 2. The number of non-ortho nitro benzene ring substituents is 1. The molecule has 0 aliphatic rings. The predicted molar refractivity (Wildman–Crippen MR) is 97.5 cm³/mol. The quantitative estimate of drug-likeness (QED) is 0.484. The molecule has 0 aliphatic carbocycles. The minimum absolute atomic E-state index is 0.0207. The van der Waals surface area contributed by atoms with Crippen molar-refractivity contribution in [3.05, 3.63) is 63.7 Å². The maximum absolute atomic E-state index is 12.3. The maximum atomic E-state index is 12.3. The predicted octanol–water partition coefficient (Wildman–Crippen LogP) is 2.76. The van der Waals surface area contributed by atoms with Crippen LogP contribution in [0.25, 0.3) is 0 Å². The molecule has 0 saturated carbocycles. The molecule has 2 aromatic carbocycles. The van der Waals surface area contributed by atoms with Gasteiger partial charge in [-0.25, -0.2) is 4.79 Å². The van der Waals surface area contributed by atoms with E-state index in [0.717, 1.165) is 11.6 Å². The molecule has 2 aromatic rings. The third kappa shape index (κ3) is 4.79. The number of nitrogens with one attached hydrogen (secondary N) is 1. The lowest BCUT2D eigenvalue weighted by atomic mass is 10.1. The van der Waals surface area contributed by atoms with Crippen LogP contribution in [0.2, 0.25) is 0 Å². The van der Waals surface area contributed by atoms with Gasteiger partial charge in [-0.1, -0.05) is 17.7 Å². The fourth-order valence-corrected chi connectivity index (χ4v) is 2.23. The lowest BCUT2D eigenvalue weighted by Gasteiger charge is -2.16. The summed E-state index contributed by atoms with van der Waals surface area (Å²) in [7, 11) is 3.39. The first kappa shape index (κ1) is 18.9. The van der Waals surface area contributed by atoms with Crippen LogP contribution in [0.15, 0.2) is 42.5 Å². The summed E-state index contributed by atoms with van der Waals surface area (Å²) in [5.74, 6) is -1.31. The highest BCUT2D eigenvalue weighted by Crippen LogP contribution is 2.25. The number of amides is 1. The molecule has 1 N–H and O–H groups in total. The van der Waals surface area contributed by atoms with Crippen LogP contribution in [0.4, 0.5) is 17.1 Å². The zero-order valence-electron chi connectivity index (χ0n) is 14.7. The number of nitro groups is 1. The summed E-state index contributed by atoms with van der Waals surface area (Å²) in [4.78, 5) is 36.2. The highest BCUT2D eigenvalue weighted by atomic mass is 16.6. The van der Waals surface area contributed by atoms with E-state index in [9.17, 15) is 19.7 Å². The number of carbonyl (C=O) groups excluding carboxylic acids is 2. The average Bonchev–Trinajstić information content (AvgIpc) is 2.61. The first-order chi connectivity index (χ1) is 12.3. The Morgan fingerprint density at radius 2 is 1.81 bits per heavy atom. The molecule has 0 saturated heterocycles. The van der Waals surface area contributed by atoms with E-state index in [-0.39, 0.29) is 11.3 Å². The second-order valence-electron chi connectivity index (χ2n) is 5.84. The molecule has 0 heterocycles. The fraction of sp³-hybridized carbons (Fsp3) is 0.222. The zero-order chi connectivity index (χ0) is 19.3. The first-order valence-electron chi connectivity index (χ1n) is 7.77. The Balaban J connectivity index is 2.06. The molecule has 0 radical (unpaired) electrons. The number of hydrogen-bond acceptors (Lipinski definition) is 6. The Bertz CT molecular complexity index is 831. The van der Waals surface area contributed by atoms with Gasteiger partial charge in [0.2, 0.25) is 0 Å². The summed E-state index contributed by atoms with van der Waals surface area (Å²) in [6, 6.07) is 11.1. The van der Waals surface area contributed by atoms with Crippen molar-refractivity contribution in [2.75, 3.05) is 30.9 Å². The molecule has 136 valence electrons. The minimum Gasteiger partial charge on any atom is -0.452 e. The zero-order valence-corrected chi connectivity index (χ0v) is 14.7. The first-order valence-corrected chi connectivity index (χ1v) is 7.77. The lowest BCUT2D eigenvalue weighted by Crippen LogP contribution is -2.22. The van der Waals surface area contributed by atoms with E-state index in [2.05, 4.69) is 5.32 Å². The molecule has 0 aliphatic heterocycles. The maximum Gasteiger partial charge on any atom is 0.341 e. The second-order valence-corrected chi connectivity index (χ2v) is 5.84. The van der Waals surface area contributed by atoms with E-state index in [1.807, 2.05) is 19.1 Å². The Morgan fingerprint density at radius 1 is 1.15 bits per heavy atom. The number of ether oxygens (including phenoxy) is 1. The van der Waals surface area contributed by atoms with Crippen molar-refractivity contribution in [2.24, 2.45) is 0 Å². The van der Waals surface area contributed by atoms with E-state index in [1.165, 1.54) is 12.1 Å². The minimum atomic E-state index is -0.809. The summed E-state index contributed by atoms with van der Waals surface area (Å²) < 4.78 is 5.01. The summed E-state index contributed by atoms with van der Waals surface area (Å²) in [6.07, 6.45) is 0. The Hall–Kier alpha value is -3.42.